The van der Waals surface area contributed by atoms with Crippen molar-refractivity contribution in [1.82, 2.24) is 0 Å². The van der Waals surface area contributed by atoms with Crippen molar-refractivity contribution in [3.05, 3.63) is 24.0 Å². The first-order valence-corrected chi connectivity index (χ1v) is 6.38. The minimum Gasteiger partial charge on any atom is -0.768 e. The molecule has 0 saturated carbocycles. The fourth-order valence-electron chi connectivity index (χ4n) is 0.842. The van der Waals surface area contributed by atoms with Crippen LogP contribution in [0.25, 0.3) is 0 Å². The number of hydrogen-bond acceptors (Lipinski definition) is 4. The fourth-order valence-corrected chi connectivity index (χ4v) is 2.01. The van der Waals surface area contributed by atoms with Gasteiger partial charge in [0.2, 0.25) is 0 Å². The molecule has 0 fully saturated rings. The van der Waals surface area contributed by atoms with Gasteiger partial charge in [0, 0.05) is 6.26 Å². The molecule has 0 aliphatic rings. The number of hydrogen-bond donors (Lipinski definition) is 0. The summed E-state index contributed by atoms with van der Waals surface area (Å²) in [6, 6.07) is 2.61. The quantitative estimate of drug-likeness (QED) is 0.553. The first-order chi connectivity index (χ1) is 6.32. The Bertz CT molecular complexity index is 480. The van der Waals surface area contributed by atoms with E-state index in [0.717, 1.165) is 24.5 Å². The molecular formula is C7H6FO4S2-. The van der Waals surface area contributed by atoms with Crippen LogP contribution >= 0.6 is 0 Å². The van der Waals surface area contributed by atoms with Crippen molar-refractivity contribution in [2.24, 2.45) is 0 Å². The van der Waals surface area contributed by atoms with Crippen molar-refractivity contribution in [3.8, 4) is 0 Å². The Morgan fingerprint density at radius 2 is 2.00 bits per heavy atom. The number of halogens is 1. The zero-order valence-electron chi connectivity index (χ0n) is 7.06. The van der Waals surface area contributed by atoms with Crippen LogP contribution in [0.2, 0.25) is 0 Å². The molecule has 0 heterocycles. The van der Waals surface area contributed by atoms with E-state index < -0.39 is 31.6 Å². The summed E-state index contributed by atoms with van der Waals surface area (Å²) in [6.07, 6.45) is 0.914. The van der Waals surface area contributed by atoms with E-state index in [0.29, 0.717) is 0 Å². The molecule has 1 rings (SSSR count). The largest absolute Gasteiger partial charge is 0.768 e. The van der Waals surface area contributed by atoms with Gasteiger partial charge in [0.15, 0.2) is 9.84 Å². The third-order valence-corrected chi connectivity index (χ3v) is 3.29. The van der Waals surface area contributed by atoms with Crippen LogP contribution in [0.1, 0.15) is 0 Å². The molecule has 7 heteroatoms. The Hall–Kier alpha value is -0.790. The fraction of sp³-hybridized carbons (Fsp3) is 0.143. The van der Waals surface area contributed by atoms with Gasteiger partial charge in [-0.25, -0.2) is 12.8 Å². The highest BCUT2D eigenvalue weighted by Crippen LogP contribution is 2.17. The van der Waals surface area contributed by atoms with E-state index in [4.69, 9.17) is 0 Å². The van der Waals surface area contributed by atoms with Crippen LogP contribution in [0.15, 0.2) is 28.0 Å². The molecule has 0 aliphatic carbocycles. The lowest BCUT2D eigenvalue weighted by Gasteiger charge is -2.07. The molecule has 0 N–H and O–H groups in total. The molecule has 78 valence electrons. The highest BCUT2D eigenvalue weighted by Gasteiger charge is 2.11. The second-order valence-electron chi connectivity index (χ2n) is 2.60. The molecule has 0 aliphatic heterocycles. The van der Waals surface area contributed by atoms with Gasteiger partial charge in [-0.2, -0.15) is 0 Å². The summed E-state index contributed by atoms with van der Waals surface area (Å²) in [5.41, 5.74) is 0. The summed E-state index contributed by atoms with van der Waals surface area (Å²) in [5, 5.41) is 0. The van der Waals surface area contributed by atoms with Gasteiger partial charge in [0.05, 0.1) is 9.79 Å². The Morgan fingerprint density at radius 3 is 2.43 bits per heavy atom. The molecule has 1 unspecified atom stereocenters. The van der Waals surface area contributed by atoms with Gasteiger partial charge in [0.1, 0.15) is 5.82 Å². The molecular weight excluding hydrogens is 231 g/mol. The maximum Gasteiger partial charge on any atom is 0.175 e. The van der Waals surface area contributed by atoms with E-state index in [9.17, 15) is 21.6 Å². The topological polar surface area (TPSA) is 74.3 Å². The Balaban J connectivity index is 3.42. The van der Waals surface area contributed by atoms with Crippen LogP contribution in [-0.4, -0.2) is 23.4 Å². The van der Waals surface area contributed by atoms with E-state index in [1.54, 1.807) is 0 Å². The highest BCUT2D eigenvalue weighted by molar-refractivity contribution is 7.90. The summed E-state index contributed by atoms with van der Waals surface area (Å²) in [6.45, 7) is 0. The van der Waals surface area contributed by atoms with Crippen molar-refractivity contribution in [1.29, 1.82) is 0 Å². The van der Waals surface area contributed by atoms with Gasteiger partial charge in [0.25, 0.3) is 0 Å². The van der Waals surface area contributed by atoms with Crippen molar-refractivity contribution < 1.29 is 21.6 Å². The Labute approximate surface area is 83.0 Å². The van der Waals surface area contributed by atoms with Gasteiger partial charge in [-0.3, -0.25) is 4.21 Å². The predicted octanol–water partition coefficient (Wildman–Crippen LogP) is 0.467. The van der Waals surface area contributed by atoms with Crippen LogP contribution < -0.4 is 0 Å². The summed E-state index contributed by atoms with van der Waals surface area (Å²) in [4.78, 5) is -0.869. The average molecular weight is 237 g/mol. The first kappa shape index (κ1) is 11.3. The van der Waals surface area contributed by atoms with Crippen molar-refractivity contribution in [2.75, 3.05) is 6.26 Å². The first-order valence-electron chi connectivity index (χ1n) is 3.41. The van der Waals surface area contributed by atoms with Crippen LogP contribution in [0, 0.1) is 5.82 Å². The van der Waals surface area contributed by atoms with Crippen molar-refractivity contribution >= 4 is 20.9 Å². The minimum atomic E-state index is -3.52. The van der Waals surface area contributed by atoms with E-state index >= 15 is 0 Å². The van der Waals surface area contributed by atoms with Gasteiger partial charge in [-0.05, 0) is 29.3 Å². The van der Waals surface area contributed by atoms with Gasteiger partial charge >= 0.3 is 0 Å². The van der Waals surface area contributed by atoms with Crippen molar-refractivity contribution in [3.63, 3.8) is 0 Å². The van der Waals surface area contributed by atoms with E-state index in [2.05, 4.69) is 0 Å². The number of benzene rings is 1. The normalized spacial score (nSPS) is 13.9. The van der Waals surface area contributed by atoms with E-state index in [1.165, 1.54) is 0 Å². The SMILES string of the molecule is CS(=O)(=O)c1ccc(F)c(S(=O)[O-])c1. The summed E-state index contributed by atoms with van der Waals surface area (Å²) in [5.74, 6) is -0.967. The molecule has 4 nitrogen and oxygen atoms in total. The summed E-state index contributed by atoms with van der Waals surface area (Å²) < 4.78 is 55.7. The van der Waals surface area contributed by atoms with Crippen molar-refractivity contribution in [2.45, 2.75) is 9.79 Å². The smallest absolute Gasteiger partial charge is 0.175 e. The second kappa shape index (κ2) is 3.76. The van der Waals surface area contributed by atoms with Gasteiger partial charge in [-0.1, -0.05) is 0 Å². The monoisotopic (exact) mass is 237 g/mol. The van der Waals surface area contributed by atoms with Crippen LogP contribution in [0.4, 0.5) is 4.39 Å². The zero-order valence-corrected chi connectivity index (χ0v) is 8.69. The van der Waals surface area contributed by atoms with Gasteiger partial charge in [-0.15, -0.1) is 0 Å². The molecule has 14 heavy (non-hydrogen) atoms. The average Bonchev–Trinajstić information content (AvgIpc) is 2.02. The Kier molecular flexibility index (Phi) is 3.03. The zero-order chi connectivity index (χ0) is 10.9. The van der Waals surface area contributed by atoms with E-state index in [1.807, 2.05) is 0 Å². The van der Waals surface area contributed by atoms with Gasteiger partial charge < -0.3 is 4.55 Å². The maximum absolute atomic E-state index is 12.8. The lowest BCUT2D eigenvalue weighted by atomic mass is 10.3. The number of sulfone groups is 1. The molecule has 1 atom stereocenters. The molecule has 1 aromatic rings. The van der Waals surface area contributed by atoms with Crippen LogP contribution in [0.3, 0.4) is 0 Å². The minimum absolute atomic E-state index is 0.224. The summed E-state index contributed by atoms with van der Waals surface area (Å²) in [7, 11) is -3.52. The summed E-state index contributed by atoms with van der Waals surface area (Å²) >= 11 is -2.78. The standard InChI is InChI=1S/C7H7FO4S2/c1-14(11,12)5-2-3-6(8)7(4-5)13(9)10/h2-4H,1H3,(H,9,10)/p-1. The maximum atomic E-state index is 12.8. The lowest BCUT2D eigenvalue weighted by Crippen LogP contribution is -2.01. The predicted molar refractivity (Wildman–Crippen MR) is 46.7 cm³/mol. The molecule has 1 aromatic carbocycles. The molecule has 0 aromatic heterocycles. The Morgan fingerprint density at radius 1 is 1.43 bits per heavy atom. The van der Waals surface area contributed by atoms with Crippen LogP contribution in [0.5, 0.6) is 0 Å². The third kappa shape index (κ3) is 2.37. The molecule has 0 spiro atoms. The lowest BCUT2D eigenvalue weighted by molar-refractivity contribution is 0.522. The second-order valence-corrected chi connectivity index (χ2v) is 5.52. The van der Waals surface area contributed by atoms with Crippen LogP contribution in [-0.2, 0) is 20.9 Å². The highest BCUT2D eigenvalue weighted by atomic mass is 32.2. The number of rotatable bonds is 2. The molecule has 0 bridgehead atoms. The third-order valence-electron chi connectivity index (χ3n) is 1.51. The van der Waals surface area contributed by atoms with E-state index in [-0.39, 0.29) is 4.90 Å². The molecule has 0 amide bonds. The molecule has 0 radical (unpaired) electrons. The molecule has 0 saturated heterocycles.